The standard InChI is InChI=1S/C19H16ClN5S2/c1-12-6-8-13(9-7-12)17-23-24-19(25(17)21)27-11-14-10-26-18(22-14)15-4-2-3-5-16(15)20/h2-10H,11,21H2,1H3. The third-order valence-corrected chi connectivity index (χ3v) is 6.21. The molecule has 136 valence electrons. The Morgan fingerprint density at radius 1 is 1.11 bits per heavy atom. The predicted octanol–water partition coefficient (Wildman–Crippen LogP) is 5.04. The summed E-state index contributed by atoms with van der Waals surface area (Å²) in [5.74, 6) is 7.49. The van der Waals surface area contributed by atoms with Crippen LogP contribution in [0.15, 0.2) is 59.1 Å². The van der Waals surface area contributed by atoms with Crippen molar-refractivity contribution in [3.63, 3.8) is 0 Å². The highest BCUT2D eigenvalue weighted by molar-refractivity contribution is 7.98. The summed E-state index contributed by atoms with van der Waals surface area (Å²) in [5.41, 5.74) is 4.04. The van der Waals surface area contributed by atoms with Gasteiger partial charge in [-0.25, -0.2) is 9.66 Å². The number of hydrogen-bond donors (Lipinski definition) is 1. The summed E-state index contributed by atoms with van der Waals surface area (Å²) < 4.78 is 1.52. The topological polar surface area (TPSA) is 69.6 Å². The Bertz CT molecular complexity index is 1070. The van der Waals surface area contributed by atoms with Gasteiger partial charge in [0, 0.05) is 22.3 Å². The molecule has 0 atom stereocenters. The monoisotopic (exact) mass is 413 g/mol. The molecule has 4 aromatic rings. The number of benzene rings is 2. The molecule has 0 bridgehead atoms. The molecule has 2 heterocycles. The highest BCUT2D eigenvalue weighted by Gasteiger charge is 2.14. The van der Waals surface area contributed by atoms with Gasteiger partial charge >= 0.3 is 0 Å². The van der Waals surface area contributed by atoms with Crippen molar-refractivity contribution in [3.8, 4) is 22.0 Å². The lowest BCUT2D eigenvalue weighted by Crippen LogP contribution is -2.11. The first-order valence-corrected chi connectivity index (χ1v) is 10.5. The molecule has 27 heavy (non-hydrogen) atoms. The molecule has 2 N–H and O–H groups in total. The lowest BCUT2D eigenvalue weighted by molar-refractivity contribution is 0.849. The molecule has 5 nitrogen and oxygen atoms in total. The minimum Gasteiger partial charge on any atom is -0.335 e. The van der Waals surface area contributed by atoms with Crippen molar-refractivity contribution in [1.82, 2.24) is 19.9 Å². The van der Waals surface area contributed by atoms with Crippen LogP contribution < -0.4 is 5.84 Å². The van der Waals surface area contributed by atoms with Gasteiger partial charge in [0.1, 0.15) is 5.01 Å². The van der Waals surface area contributed by atoms with Gasteiger partial charge in [-0.3, -0.25) is 0 Å². The van der Waals surface area contributed by atoms with Crippen molar-refractivity contribution in [3.05, 3.63) is 70.2 Å². The Morgan fingerprint density at radius 2 is 1.89 bits per heavy atom. The SMILES string of the molecule is Cc1ccc(-c2nnc(SCc3csc(-c4ccccc4Cl)n3)n2N)cc1. The van der Waals surface area contributed by atoms with E-state index in [4.69, 9.17) is 17.4 Å². The number of aromatic nitrogens is 4. The number of nitrogens with two attached hydrogens (primary N) is 1. The largest absolute Gasteiger partial charge is 0.335 e. The van der Waals surface area contributed by atoms with Gasteiger partial charge in [0.2, 0.25) is 5.16 Å². The van der Waals surface area contributed by atoms with Crippen molar-refractivity contribution in [2.45, 2.75) is 17.8 Å². The quantitative estimate of drug-likeness (QED) is 0.366. The van der Waals surface area contributed by atoms with Crippen LogP contribution in [0.3, 0.4) is 0 Å². The molecule has 0 fully saturated rings. The van der Waals surface area contributed by atoms with Gasteiger partial charge in [0.05, 0.1) is 10.7 Å². The van der Waals surface area contributed by atoms with E-state index in [0.717, 1.165) is 21.8 Å². The van der Waals surface area contributed by atoms with Crippen LogP contribution >= 0.6 is 34.7 Å². The number of thioether (sulfide) groups is 1. The Balaban J connectivity index is 1.48. The number of halogens is 1. The Kier molecular flexibility index (Phi) is 5.15. The summed E-state index contributed by atoms with van der Waals surface area (Å²) in [4.78, 5) is 4.68. The second-order valence-electron chi connectivity index (χ2n) is 5.95. The zero-order valence-electron chi connectivity index (χ0n) is 14.5. The summed E-state index contributed by atoms with van der Waals surface area (Å²) in [6.07, 6.45) is 0. The molecule has 0 amide bonds. The molecule has 0 radical (unpaired) electrons. The van der Waals surface area contributed by atoms with Crippen LogP contribution in [0.4, 0.5) is 0 Å². The Morgan fingerprint density at radius 3 is 2.67 bits per heavy atom. The fourth-order valence-electron chi connectivity index (χ4n) is 2.55. The molecule has 0 saturated heterocycles. The van der Waals surface area contributed by atoms with Crippen LogP contribution in [0.2, 0.25) is 5.02 Å². The van der Waals surface area contributed by atoms with E-state index in [1.165, 1.54) is 22.0 Å². The number of thiazole rings is 1. The van der Waals surface area contributed by atoms with E-state index < -0.39 is 0 Å². The van der Waals surface area contributed by atoms with Crippen LogP contribution in [-0.4, -0.2) is 19.9 Å². The first-order valence-electron chi connectivity index (χ1n) is 8.21. The third-order valence-electron chi connectivity index (χ3n) is 3.98. The van der Waals surface area contributed by atoms with Crippen LogP contribution in [-0.2, 0) is 5.75 Å². The molecular formula is C19H16ClN5S2. The van der Waals surface area contributed by atoms with Gasteiger partial charge in [-0.15, -0.1) is 21.5 Å². The number of hydrogen-bond acceptors (Lipinski definition) is 6. The molecule has 0 aliphatic carbocycles. The van der Waals surface area contributed by atoms with Crippen LogP contribution in [0.5, 0.6) is 0 Å². The minimum atomic E-state index is 0.646. The normalized spacial score (nSPS) is 11.0. The molecule has 0 saturated carbocycles. The molecule has 0 spiro atoms. The average Bonchev–Trinajstić information content (AvgIpc) is 3.28. The molecule has 0 aliphatic rings. The number of nitrogens with zero attached hydrogens (tertiary/aromatic N) is 4. The number of rotatable bonds is 5. The summed E-state index contributed by atoms with van der Waals surface area (Å²) in [6, 6.07) is 15.8. The van der Waals surface area contributed by atoms with Gasteiger partial charge in [-0.05, 0) is 13.0 Å². The van der Waals surface area contributed by atoms with Gasteiger partial charge in [0.15, 0.2) is 5.82 Å². The first kappa shape index (κ1) is 18.0. The summed E-state index contributed by atoms with van der Waals surface area (Å²) in [6.45, 7) is 2.04. The van der Waals surface area contributed by atoms with Crippen molar-refractivity contribution in [2.75, 3.05) is 5.84 Å². The maximum absolute atomic E-state index is 6.26. The average molecular weight is 414 g/mol. The maximum atomic E-state index is 6.26. The maximum Gasteiger partial charge on any atom is 0.210 e. The molecule has 0 unspecified atom stereocenters. The molecular weight excluding hydrogens is 398 g/mol. The van der Waals surface area contributed by atoms with E-state index in [1.54, 1.807) is 11.3 Å². The van der Waals surface area contributed by atoms with Crippen LogP contribution in [0.1, 0.15) is 11.3 Å². The first-order chi connectivity index (χ1) is 13.1. The van der Waals surface area contributed by atoms with E-state index in [-0.39, 0.29) is 0 Å². The highest BCUT2D eigenvalue weighted by Crippen LogP contribution is 2.32. The van der Waals surface area contributed by atoms with Crippen molar-refractivity contribution < 1.29 is 0 Å². The second-order valence-corrected chi connectivity index (χ2v) is 8.16. The Hall–Kier alpha value is -2.35. The fourth-order valence-corrected chi connectivity index (χ4v) is 4.54. The third kappa shape index (κ3) is 3.85. The molecule has 4 rings (SSSR count). The zero-order chi connectivity index (χ0) is 18.8. The fraction of sp³-hybridized carbons (Fsp3) is 0.105. The van der Waals surface area contributed by atoms with Gasteiger partial charge in [-0.1, -0.05) is 71.4 Å². The lowest BCUT2D eigenvalue weighted by Gasteiger charge is -2.03. The van der Waals surface area contributed by atoms with Gasteiger partial charge in [-0.2, -0.15) is 0 Å². The molecule has 2 aromatic carbocycles. The second kappa shape index (κ2) is 7.72. The van der Waals surface area contributed by atoms with Crippen LogP contribution in [0, 0.1) is 6.92 Å². The van der Waals surface area contributed by atoms with Crippen LogP contribution in [0.25, 0.3) is 22.0 Å². The number of nitrogen functional groups attached to an aromatic ring is 1. The smallest absolute Gasteiger partial charge is 0.210 e. The van der Waals surface area contributed by atoms with Gasteiger partial charge in [0.25, 0.3) is 0 Å². The van der Waals surface area contributed by atoms with Gasteiger partial charge < -0.3 is 5.84 Å². The number of aryl methyl sites for hydroxylation is 1. The zero-order valence-corrected chi connectivity index (χ0v) is 16.9. The van der Waals surface area contributed by atoms with E-state index in [9.17, 15) is 0 Å². The summed E-state index contributed by atoms with van der Waals surface area (Å²) in [7, 11) is 0. The minimum absolute atomic E-state index is 0.646. The van der Waals surface area contributed by atoms with E-state index in [0.29, 0.717) is 21.8 Å². The molecule has 0 aliphatic heterocycles. The summed E-state index contributed by atoms with van der Waals surface area (Å²) >= 11 is 9.34. The summed E-state index contributed by atoms with van der Waals surface area (Å²) in [5, 5.41) is 12.7. The molecule has 2 aromatic heterocycles. The molecule has 8 heteroatoms. The Labute approximate surface area is 170 Å². The van der Waals surface area contributed by atoms with Crippen molar-refractivity contribution in [1.29, 1.82) is 0 Å². The van der Waals surface area contributed by atoms with E-state index in [1.807, 2.05) is 60.8 Å². The lowest BCUT2D eigenvalue weighted by atomic mass is 10.1. The van der Waals surface area contributed by atoms with E-state index >= 15 is 0 Å². The highest BCUT2D eigenvalue weighted by atomic mass is 35.5. The van der Waals surface area contributed by atoms with Crippen molar-refractivity contribution in [2.24, 2.45) is 0 Å². The van der Waals surface area contributed by atoms with Crippen molar-refractivity contribution >= 4 is 34.7 Å². The van der Waals surface area contributed by atoms with E-state index in [2.05, 4.69) is 15.2 Å². The predicted molar refractivity (Wildman–Crippen MR) is 112 cm³/mol.